The summed E-state index contributed by atoms with van der Waals surface area (Å²) in [7, 11) is 1.44. The summed E-state index contributed by atoms with van der Waals surface area (Å²) in [5, 5.41) is 0. The molecule has 0 saturated carbocycles. The fraction of sp³-hybridized carbons (Fsp3) is 0.500. The van der Waals surface area contributed by atoms with E-state index in [1.54, 1.807) is 0 Å². The van der Waals surface area contributed by atoms with E-state index < -0.39 is 29.7 Å². The number of methoxy groups -OCH3 is 1. The summed E-state index contributed by atoms with van der Waals surface area (Å²) >= 11 is 0. The number of hydrogen-bond acceptors (Lipinski definition) is 5. The molecule has 1 aliphatic heterocycles. The van der Waals surface area contributed by atoms with Crippen molar-refractivity contribution in [1.82, 2.24) is 4.90 Å². The number of nitrogens with zero attached hydrogens (tertiary/aromatic N) is 1. The Labute approximate surface area is 169 Å². The second-order valence-corrected chi connectivity index (χ2v) is 7.91. The number of benzene rings is 1. The van der Waals surface area contributed by atoms with Crippen LogP contribution in [0.3, 0.4) is 0 Å². The first-order valence-electron chi connectivity index (χ1n) is 9.84. The first-order chi connectivity index (χ1) is 13.8. The molecule has 2 aliphatic rings. The zero-order chi connectivity index (χ0) is 21.1. The van der Waals surface area contributed by atoms with E-state index in [0.717, 1.165) is 4.90 Å². The Balaban J connectivity index is 1.78. The van der Waals surface area contributed by atoms with Gasteiger partial charge in [-0.1, -0.05) is 26.0 Å². The van der Waals surface area contributed by atoms with Crippen LogP contribution in [0.15, 0.2) is 30.4 Å². The summed E-state index contributed by atoms with van der Waals surface area (Å²) in [4.78, 5) is 39.8. The Bertz CT molecular complexity index is 808. The number of ether oxygens (including phenoxy) is 2. The number of hydrogen-bond donors (Lipinski definition) is 0. The third-order valence-electron chi connectivity index (χ3n) is 5.43. The highest BCUT2D eigenvalue weighted by atomic mass is 19.1. The predicted octanol–water partition coefficient (Wildman–Crippen LogP) is 3.24. The van der Waals surface area contributed by atoms with Crippen LogP contribution in [0.2, 0.25) is 0 Å². The molecule has 156 valence electrons. The standard InChI is InChI=1S/C22H26FNO5/c1-13(2)10-18(24-20(25)16-6-4-5-7-17(16)21(24)26)22(27)29-12-14-11-15(23)8-9-19(14)28-3/h4-5,8-9,11,13,16-18H,6-7,10,12H2,1-3H3/t16-,17+,18-/m0/s1. The van der Waals surface area contributed by atoms with E-state index in [0.29, 0.717) is 30.6 Å². The molecule has 29 heavy (non-hydrogen) atoms. The van der Waals surface area contributed by atoms with Crippen molar-refractivity contribution in [3.05, 3.63) is 41.7 Å². The maximum Gasteiger partial charge on any atom is 0.329 e. The predicted molar refractivity (Wildman–Crippen MR) is 103 cm³/mol. The van der Waals surface area contributed by atoms with Crippen molar-refractivity contribution in [2.24, 2.45) is 17.8 Å². The minimum Gasteiger partial charge on any atom is -0.496 e. The van der Waals surface area contributed by atoms with Crippen LogP contribution < -0.4 is 4.74 Å². The average molecular weight is 403 g/mol. The molecular weight excluding hydrogens is 377 g/mol. The lowest BCUT2D eigenvalue weighted by molar-refractivity contribution is -0.160. The van der Waals surface area contributed by atoms with Gasteiger partial charge < -0.3 is 9.47 Å². The lowest BCUT2D eigenvalue weighted by atomic mass is 9.85. The molecule has 7 heteroatoms. The van der Waals surface area contributed by atoms with Gasteiger partial charge in [-0.3, -0.25) is 14.5 Å². The van der Waals surface area contributed by atoms with Crippen molar-refractivity contribution < 1.29 is 28.2 Å². The fourth-order valence-electron chi connectivity index (χ4n) is 3.99. The molecule has 0 spiro atoms. The molecule has 0 bridgehead atoms. The van der Waals surface area contributed by atoms with Crippen molar-refractivity contribution in [3.8, 4) is 5.75 Å². The summed E-state index contributed by atoms with van der Waals surface area (Å²) in [6, 6.07) is 2.95. The van der Waals surface area contributed by atoms with E-state index in [-0.39, 0.29) is 24.3 Å². The number of carbonyl (C=O) groups excluding carboxylic acids is 3. The van der Waals surface area contributed by atoms with Gasteiger partial charge in [-0.15, -0.1) is 0 Å². The normalized spacial score (nSPS) is 22.0. The molecule has 1 aromatic carbocycles. The molecule has 1 heterocycles. The van der Waals surface area contributed by atoms with Gasteiger partial charge in [-0.2, -0.15) is 0 Å². The number of halogens is 1. The molecular formula is C22H26FNO5. The molecule has 3 rings (SSSR count). The van der Waals surface area contributed by atoms with E-state index in [2.05, 4.69) is 0 Å². The van der Waals surface area contributed by atoms with Crippen molar-refractivity contribution in [3.63, 3.8) is 0 Å². The van der Waals surface area contributed by atoms with Gasteiger partial charge in [0.05, 0.1) is 18.9 Å². The first kappa shape index (κ1) is 21.0. The number of amides is 2. The molecule has 1 aliphatic carbocycles. The Morgan fingerprint density at radius 2 is 1.79 bits per heavy atom. The fourth-order valence-corrected chi connectivity index (χ4v) is 3.99. The molecule has 3 atom stereocenters. The SMILES string of the molecule is COc1ccc(F)cc1COC(=O)[C@H](CC(C)C)N1C(=O)[C@H]2CC=CC[C@H]2C1=O. The van der Waals surface area contributed by atoms with Gasteiger partial charge in [0.15, 0.2) is 0 Å². The number of carbonyl (C=O) groups is 3. The second kappa shape index (κ2) is 8.76. The number of esters is 1. The molecule has 1 saturated heterocycles. The van der Waals surface area contributed by atoms with E-state index >= 15 is 0 Å². The number of imide groups is 1. The number of rotatable bonds is 7. The summed E-state index contributed by atoms with van der Waals surface area (Å²) in [6.45, 7) is 3.62. The zero-order valence-corrected chi connectivity index (χ0v) is 16.9. The molecule has 1 fully saturated rings. The Kier molecular flexibility index (Phi) is 6.35. The maximum atomic E-state index is 13.6. The van der Waals surface area contributed by atoms with E-state index in [9.17, 15) is 18.8 Å². The topological polar surface area (TPSA) is 72.9 Å². The van der Waals surface area contributed by atoms with Gasteiger partial charge in [0, 0.05) is 5.56 Å². The lowest BCUT2D eigenvalue weighted by Gasteiger charge is -2.26. The lowest BCUT2D eigenvalue weighted by Crippen LogP contribution is -2.47. The summed E-state index contributed by atoms with van der Waals surface area (Å²) in [5.41, 5.74) is 0.376. The van der Waals surface area contributed by atoms with Crippen LogP contribution in [0.4, 0.5) is 4.39 Å². The zero-order valence-electron chi connectivity index (χ0n) is 16.9. The molecule has 1 aromatic rings. The third-order valence-corrected chi connectivity index (χ3v) is 5.43. The van der Waals surface area contributed by atoms with Crippen molar-refractivity contribution in [2.75, 3.05) is 7.11 Å². The van der Waals surface area contributed by atoms with Gasteiger partial charge in [-0.25, -0.2) is 9.18 Å². The summed E-state index contributed by atoms with van der Waals surface area (Å²) < 4.78 is 24.1. The van der Waals surface area contributed by atoms with Gasteiger partial charge in [0.25, 0.3) is 0 Å². The van der Waals surface area contributed by atoms with Gasteiger partial charge in [0.2, 0.25) is 11.8 Å². The average Bonchev–Trinajstić information content (AvgIpc) is 2.95. The van der Waals surface area contributed by atoms with Crippen LogP contribution in [0.1, 0.15) is 38.7 Å². The second-order valence-electron chi connectivity index (χ2n) is 7.91. The minimum atomic E-state index is -0.986. The van der Waals surface area contributed by atoms with Crippen molar-refractivity contribution >= 4 is 17.8 Å². The highest BCUT2D eigenvalue weighted by molar-refractivity contribution is 6.08. The molecule has 0 unspecified atom stereocenters. The molecule has 0 aromatic heterocycles. The van der Waals surface area contributed by atoms with Crippen molar-refractivity contribution in [2.45, 2.75) is 45.8 Å². The quantitative estimate of drug-likeness (QED) is 0.397. The molecule has 0 N–H and O–H groups in total. The van der Waals surface area contributed by atoms with Gasteiger partial charge in [-0.05, 0) is 43.4 Å². The van der Waals surface area contributed by atoms with E-state index in [4.69, 9.17) is 9.47 Å². The molecule has 2 amide bonds. The highest BCUT2D eigenvalue weighted by Gasteiger charge is 2.51. The monoisotopic (exact) mass is 403 g/mol. The minimum absolute atomic E-state index is 0.0672. The largest absolute Gasteiger partial charge is 0.496 e. The number of fused-ring (bicyclic) bond motifs is 1. The summed E-state index contributed by atoms with van der Waals surface area (Å²) in [5.74, 6) is -2.11. The highest BCUT2D eigenvalue weighted by Crippen LogP contribution is 2.37. The Hall–Kier alpha value is -2.70. The van der Waals surface area contributed by atoms with Gasteiger partial charge >= 0.3 is 5.97 Å². The maximum absolute atomic E-state index is 13.6. The van der Waals surface area contributed by atoms with E-state index in [1.807, 2.05) is 26.0 Å². The Morgan fingerprint density at radius 3 is 2.34 bits per heavy atom. The van der Waals surface area contributed by atoms with Gasteiger partial charge in [0.1, 0.15) is 24.2 Å². The first-order valence-corrected chi connectivity index (χ1v) is 9.84. The van der Waals surface area contributed by atoms with Crippen LogP contribution in [-0.2, 0) is 25.7 Å². The summed E-state index contributed by atoms with van der Waals surface area (Å²) in [6.07, 6.45) is 5.14. The van der Waals surface area contributed by atoms with Crippen LogP contribution in [0.25, 0.3) is 0 Å². The number of likely N-dealkylation sites (tertiary alicyclic amines) is 1. The molecule has 0 radical (unpaired) electrons. The van der Waals surface area contributed by atoms with Crippen LogP contribution in [0, 0.1) is 23.6 Å². The van der Waals surface area contributed by atoms with Crippen molar-refractivity contribution in [1.29, 1.82) is 0 Å². The van der Waals surface area contributed by atoms with E-state index in [1.165, 1.54) is 25.3 Å². The molecule has 6 nitrogen and oxygen atoms in total. The smallest absolute Gasteiger partial charge is 0.329 e. The third kappa shape index (κ3) is 4.33. The van der Waals surface area contributed by atoms with Crippen LogP contribution in [-0.4, -0.2) is 35.8 Å². The Morgan fingerprint density at radius 1 is 1.17 bits per heavy atom. The van der Waals surface area contributed by atoms with Crippen LogP contribution in [0.5, 0.6) is 5.75 Å². The van der Waals surface area contributed by atoms with Crippen LogP contribution >= 0.6 is 0 Å². The number of allylic oxidation sites excluding steroid dienone is 2.